The first-order valence-corrected chi connectivity index (χ1v) is 5.81. The second-order valence-electron chi connectivity index (χ2n) is 4.20. The van der Waals surface area contributed by atoms with Gasteiger partial charge >= 0.3 is 0 Å². The van der Waals surface area contributed by atoms with Gasteiger partial charge in [0.1, 0.15) is 11.0 Å². The third kappa shape index (κ3) is 2.31. The van der Waals surface area contributed by atoms with E-state index >= 15 is 0 Å². The number of benzene rings is 2. The fourth-order valence-corrected chi connectivity index (χ4v) is 1.80. The Kier molecular flexibility index (Phi) is 3.05. The molecule has 0 atom stereocenters. The lowest BCUT2D eigenvalue weighted by molar-refractivity contribution is 0.102. The van der Waals surface area contributed by atoms with Crippen molar-refractivity contribution in [2.75, 3.05) is 5.32 Å². The first kappa shape index (κ1) is 13.1. The van der Waals surface area contributed by atoms with Gasteiger partial charge in [-0.05, 0) is 30.3 Å². The van der Waals surface area contributed by atoms with Gasteiger partial charge in [-0.1, -0.05) is 0 Å². The van der Waals surface area contributed by atoms with Crippen LogP contribution in [0.5, 0.6) is 0 Å². The molecule has 1 amide bonds. The summed E-state index contributed by atoms with van der Waals surface area (Å²) >= 11 is 0. The summed E-state index contributed by atoms with van der Waals surface area (Å²) in [6, 6.07) is 6.12. The maximum absolute atomic E-state index is 13.5. The van der Waals surface area contributed by atoms with Crippen molar-refractivity contribution in [3.05, 3.63) is 53.3 Å². The van der Waals surface area contributed by atoms with Crippen molar-refractivity contribution >= 4 is 22.6 Å². The highest BCUT2D eigenvalue weighted by Gasteiger charge is 2.16. The zero-order valence-corrected chi connectivity index (χ0v) is 10.3. The van der Waals surface area contributed by atoms with Gasteiger partial charge in [0.15, 0.2) is 17.5 Å². The summed E-state index contributed by atoms with van der Waals surface area (Å²) in [5.74, 6) is -5.09. The Labute approximate surface area is 115 Å². The normalized spacial score (nSPS) is 10.8. The lowest BCUT2D eigenvalue weighted by Crippen LogP contribution is -2.13. The van der Waals surface area contributed by atoms with Crippen LogP contribution in [0.4, 0.5) is 18.9 Å². The van der Waals surface area contributed by atoms with Crippen LogP contribution in [0.1, 0.15) is 10.4 Å². The Morgan fingerprint density at radius 1 is 1.00 bits per heavy atom. The third-order valence-electron chi connectivity index (χ3n) is 2.86. The van der Waals surface area contributed by atoms with Gasteiger partial charge in [0, 0.05) is 5.56 Å². The van der Waals surface area contributed by atoms with E-state index in [1.54, 1.807) is 6.07 Å². The largest absolute Gasteiger partial charge is 0.319 e. The number of fused-ring (bicyclic) bond motifs is 1. The van der Waals surface area contributed by atoms with Crippen LogP contribution in [-0.4, -0.2) is 21.3 Å². The minimum absolute atomic E-state index is 0.181. The van der Waals surface area contributed by atoms with Gasteiger partial charge in [-0.3, -0.25) is 4.79 Å². The smallest absolute Gasteiger partial charge is 0.255 e. The summed E-state index contributed by atoms with van der Waals surface area (Å²) in [7, 11) is 0. The highest BCUT2D eigenvalue weighted by Crippen LogP contribution is 2.20. The van der Waals surface area contributed by atoms with Gasteiger partial charge in [0.25, 0.3) is 5.91 Å². The Morgan fingerprint density at radius 2 is 1.76 bits per heavy atom. The monoisotopic (exact) mass is 292 g/mol. The number of aromatic amines is 1. The predicted molar refractivity (Wildman–Crippen MR) is 68.2 cm³/mol. The summed E-state index contributed by atoms with van der Waals surface area (Å²) in [6.07, 6.45) is 0. The number of aromatic nitrogens is 3. The first-order valence-electron chi connectivity index (χ1n) is 5.81. The van der Waals surface area contributed by atoms with Crippen molar-refractivity contribution in [2.24, 2.45) is 0 Å². The number of carbonyl (C=O) groups is 1. The molecule has 0 spiro atoms. The number of halogens is 3. The van der Waals surface area contributed by atoms with Gasteiger partial charge < -0.3 is 5.32 Å². The Hall–Kier alpha value is -2.90. The van der Waals surface area contributed by atoms with E-state index in [0.717, 1.165) is 12.1 Å². The maximum Gasteiger partial charge on any atom is 0.255 e. The molecule has 0 aliphatic rings. The molecule has 0 fully saturated rings. The molecule has 2 N–H and O–H groups in total. The Balaban J connectivity index is 1.91. The third-order valence-corrected chi connectivity index (χ3v) is 2.86. The molecule has 1 aromatic heterocycles. The minimum Gasteiger partial charge on any atom is -0.319 e. The van der Waals surface area contributed by atoms with Gasteiger partial charge in [-0.15, -0.1) is 0 Å². The molecule has 0 aliphatic carbocycles. The van der Waals surface area contributed by atoms with Crippen LogP contribution in [0, 0.1) is 17.5 Å². The summed E-state index contributed by atoms with van der Waals surface area (Å²) in [6.45, 7) is 0. The average Bonchev–Trinajstić information content (AvgIpc) is 2.95. The van der Waals surface area contributed by atoms with E-state index in [1.807, 2.05) is 0 Å². The molecule has 3 rings (SSSR count). The number of amides is 1. The molecule has 5 nitrogen and oxygen atoms in total. The molecule has 0 saturated carbocycles. The van der Waals surface area contributed by atoms with Gasteiger partial charge in [0.05, 0.1) is 5.69 Å². The lowest BCUT2D eigenvalue weighted by Gasteiger charge is -2.07. The maximum atomic E-state index is 13.5. The number of nitrogens with one attached hydrogen (secondary N) is 2. The molecule has 0 unspecified atom stereocenters. The standard InChI is InChI=1S/C13H7F3N4O/c14-7-2-4-9(12(16)11(7)15)17-13(21)6-1-3-8-10(5-6)19-20-18-8/h1-5H,(H,17,21)(H,18,19,20). The van der Waals surface area contributed by atoms with Crippen molar-refractivity contribution in [3.63, 3.8) is 0 Å². The highest BCUT2D eigenvalue weighted by atomic mass is 19.2. The summed E-state index contributed by atoms with van der Waals surface area (Å²) in [5.41, 5.74) is 0.749. The number of hydrogen-bond donors (Lipinski definition) is 2. The predicted octanol–water partition coefficient (Wildman–Crippen LogP) is 2.63. The lowest BCUT2D eigenvalue weighted by atomic mass is 10.2. The Morgan fingerprint density at radius 3 is 2.57 bits per heavy atom. The number of carbonyl (C=O) groups excluding carboxylic acids is 1. The van der Waals surface area contributed by atoms with Gasteiger partial charge in [0.2, 0.25) is 0 Å². The molecule has 21 heavy (non-hydrogen) atoms. The van der Waals surface area contributed by atoms with E-state index in [1.165, 1.54) is 12.1 Å². The van der Waals surface area contributed by atoms with E-state index < -0.39 is 29.0 Å². The van der Waals surface area contributed by atoms with Crippen molar-refractivity contribution in [2.45, 2.75) is 0 Å². The molecule has 0 radical (unpaired) electrons. The molecule has 1 heterocycles. The van der Waals surface area contributed by atoms with Crippen LogP contribution >= 0.6 is 0 Å². The summed E-state index contributed by atoms with van der Waals surface area (Å²) in [4.78, 5) is 12.0. The van der Waals surface area contributed by atoms with Crippen molar-refractivity contribution in [1.82, 2.24) is 15.4 Å². The molecule has 0 aliphatic heterocycles. The van der Waals surface area contributed by atoms with E-state index in [0.29, 0.717) is 11.0 Å². The van der Waals surface area contributed by atoms with Crippen molar-refractivity contribution < 1.29 is 18.0 Å². The van der Waals surface area contributed by atoms with E-state index in [-0.39, 0.29) is 5.56 Å². The minimum atomic E-state index is -1.64. The fourth-order valence-electron chi connectivity index (χ4n) is 1.80. The second kappa shape index (κ2) is 4.89. The molecular formula is C13H7F3N4O. The van der Waals surface area contributed by atoms with Crippen molar-refractivity contribution in [1.29, 1.82) is 0 Å². The van der Waals surface area contributed by atoms with E-state index in [2.05, 4.69) is 20.7 Å². The SMILES string of the molecule is O=C(Nc1ccc(F)c(F)c1F)c1ccc2n[nH]nc2c1. The van der Waals surface area contributed by atoms with Crippen molar-refractivity contribution in [3.8, 4) is 0 Å². The van der Waals surface area contributed by atoms with Crippen LogP contribution in [0.2, 0.25) is 0 Å². The molecule has 2 aromatic carbocycles. The average molecular weight is 292 g/mol. The molecule has 0 saturated heterocycles. The van der Waals surface area contributed by atoms with E-state index in [9.17, 15) is 18.0 Å². The van der Waals surface area contributed by atoms with Crippen LogP contribution in [-0.2, 0) is 0 Å². The zero-order chi connectivity index (χ0) is 15.0. The molecule has 106 valence electrons. The zero-order valence-electron chi connectivity index (χ0n) is 10.3. The summed E-state index contributed by atoms with van der Waals surface area (Å²) < 4.78 is 39.4. The van der Waals surface area contributed by atoms with Crippen LogP contribution in [0.15, 0.2) is 30.3 Å². The number of H-pyrrole nitrogens is 1. The number of rotatable bonds is 2. The van der Waals surface area contributed by atoms with Gasteiger partial charge in [-0.2, -0.15) is 15.4 Å². The topological polar surface area (TPSA) is 70.7 Å². The van der Waals surface area contributed by atoms with E-state index in [4.69, 9.17) is 0 Å². The molecule has 8 heteroatoms. The van der Waals surface area contributed by atoms with Crippen LogP contribution in [0.25, 0.3) is 11.0 Å². The first-order chi connectivity index (χ1) is 10.1. The number of nitrogens with zero attached hydrogens (tertiary/aromatic N) is 2. The van der Waals surface area contributed by atoms with Crippen LogP contribution in [0.3, 0.4) is 0 Å². The fraction of sp³-hybridized carbons (Fsp3) is 0. The molecule has 0 bridgehead atoms. The van der Waals surface area contributed by atoms with Crippen LogP contribution < -0.4 is 5.32 Å². The number of anilines is 1. The number of hydrogen-bond acceptors (Lipinski definition) is 3. The quantitative estimate of drug-likeness (QED) is 0.713. The van der Waals surface area contributed by atoms with Gasteiger partial charge in [-0.25, -0.2) is 13.2 Å². The highest BCUT2D eigenvalue weighted by molar-refractivity contribution is 6.05. The molecular weight excluding hydrogens is 285 g/mol. The second-order valence-corrected chi connectivity index (χ2v) is 4.20. The summed E-state index contributed by atoms with van der Waals surface area (Å²) in [5, 5.41) is 12.2. The Bertz CT molecular complexity index is 847. The molecule has 3 aromatic rings.